The lowest BCUT2D eigenvalue weighted by Crippen LogP contribution is -2.36. The third-order valence-electron chi connectivity index (χ3n) is 3.34. The van der Waals surface area contributed by atoms with E-state index in [1.54, 1.807) is 0 Å². The van der Waals surface area contributed by atoms with Crippen LogP contribution in [0.5, 0.6) is 0 Å². The number of carbonyl (C=O) groups excluding carboxylic acids is 1. The zero-order chi connectivity index (χ0) is 11.9. The van der Waals surface area contributed by atoms with Crippen LogP contribution >= 0.6 is 23.2 Å². The number of hydrogen-bond acceptors (Lipinski definition) is 1. The number of hydrogen-bond donors (Lipinski definition) is 0. The van der Waals surface area contributed by atoms with Gasteiger partial charge in [-0.15, -0.1) is 23.2 Å². The summed E-state index contributed by atoms with van der Waals surface area (Å²) in [6.07, 6.45) is 3.98. The first-order chi connectivity index (χ1) is 7.42. The Morgan fingerprint density at radius 3 is 2.38 bits per heavy atom. The van der Waals surface area contributed by atoms with Gasteiger partial charge in [0.1, 0.15) is 4.33 Å². The fraction of sp³-hybridized carbons (Fsp3) is 0.917. The van der Waals surface area contributed by atoms with Crippen molar-refractivity contribution in [1.82, 2.24) is 4.90 Å². The molecule has 0 heterocycles. The van der Waals surface area contributed by atoms with Crippen LogP contribution in [0, 0.1) is 11.8 Å². The number of alkyl halides is 2. The Balaban J connectivity index is 1.89. The van der Waals surface area contributed by atoms with Gasteiger partial charge < -0.3 is 4.90 Å². The Morgan fingerprint density at radius 2 is 2.00 bits per heavy atom. The number of carbonyl (C=O) groups is 1. The molecule has 1 unspecified atom stereocenters. The molecule has 0 aromatic rings. The summed E-state index contributed by atoms with van der Waals surface area (Å²) in [6, 6.07) is 0.469. The minimum absolute atomic E-state index is 0.149. The lowest BCUT2D eigenvalue weighted by Gasteiger charge is -2.23. The van der Waals surface area contributed by atoms with Crippen LogP contribution in [-0.2, 0) is 4.79 Å². The molecule has 0 N–H and O–H groups in total. The summed E-state index contributed by atoms with van der Waals surface area (Å²) < 4.78 is -0.776. The third-order valence-corrected chi connectivity index (χ3v) is 4.18. The van der Waals surface area contributed by atoms with Gasteiger partial charge >= 0.3 is 0 Å². The summed E-state index contributed by atoms with van der Waals surface area (Å²) in [4.78, 5) is 14.2. The quantitative estimate of drug-likeness (QED) is 0.698. The first-order valence-electron chi connectivity index (χ1n) is 6.10. The van der Waals surface area contributed by atoms with Crippen molar-refractivity contribution < 1.29 is 4.79 Å². The van der Waals surface area contributed by atoms with Gasteiger partial charge in [-0.25, -0.2) is 0 Å². The largest absolute Gasteiger partial charge is 0.339 e. The molecule has 0 saturated heterocycles. The van der Waals surface area contributed by atoms with Crippen LogP contribution < -0.4 is 0 Å². The summed E-state index contributed by atoms with van der Waals surface area (Å²) in [5.41, 5.74) is 0. The smallest absolute Gasteiger partial charge is 0.229 e. The van der Waals surface area contributed by atoms with Crippen LogP contribution in [0.4, 0.5) is 0 Å². The standard InChI is InChI=1S/C12H19Cl2NO/c1-8(2)5-6-15(9-3-4-9)11(16)10-7-12(10,13)14/h8-10H,3-7H2,1-2H3. The van der Waals surface area contributed by atoms with Gasteiger partial charge in [0.25, 0.3) is 0 Å². The molecule has 2 aliphatic carbocycles. The van der Waals surface area contributed by atoms with Crippen molar-refractivity contribution in [3.63, 3.8) is 0 Å². The Bertz CT molecular complexity index is 287. The Morgan fingerprint density at radius 1 is 1.44 bits per heavy atom. The molecule has 16 heavy (non-hydrogen) atoms. The topological polar surface area (TPSA) is 20.3 Å². The highest BCUT2D eigenvalue weighted by molar-refractivity contribution is 6.52. The number of halogens is 2. The third kappa shape index (κ3) is 2.84. The van der Waals surface area contributed by atoms with Crippen LogP contribution in [0.15, 0.2) is 0 Å². The monoisotopic (exact) mass is 263 g/mol. The van der Waals surface area contributed by atoms with E-state index in [9.17, 15) is 4.79 Å². The van der Waals surface area contributed by atoms with Crippen LogP contribution in [-0.4, -0.2) is 27.7 Å². The predicted molar refractivity (Wildman–Crippen MR) is 66.7 cm³/mol. The first kappa shape index (κ1) is 12.5. The molecule has 0 aromatic heterocycles. The summed E-state index contributed by atoms with van der Waals surface area (Å²) in [6.45, 7) is 5.22. The van der Waals surface area contributed by atoms with Crippen molar-refractivity contribution in [3.05, 3.63) is 0 Å². The van der Waals surface area contributed by atoms with E-state index in [0.717, 1.165) is 25.8 Å². The normalized spacial score (nSPS) is 26.9. The molecule has 0 radical (unpaired) electrons. The van der Waals surface area contributed by atoms with Gasteiger partial charge in [0, 0.05) is 12.6 Å². The van der Waals surface area contributed by atoms with Crippen LogP contribution in [0.2, 0.25) is 0 Å². The maximum Gasteiger partial charge on any atom is 0.229 e. The van der Waals surface area contributed by atoms with Gasteiger partial charge in [-0.05, 0) is 31.6 Å². The first-order valence-corrected chi connectivity index (χ1v) is 6.85. The summed E-state index contributed by atoms with van der Waals surface area (Å²) in [5.74, 6) is 0.654. The van der Waals surface area contributed by atoms with E-state index in [1.165, 1.54) is 0 Å². The highest BCUT2D eigenvalue weighted by Crippen LogP contribution is 2.54. The maximum absolute atomic E-state index is 12.2. The zero-order valence-electron chi connectivity index (χ0n) is 9.88. The fourth-order valence-electron chi connectivity index (χ4n) is 1.94. The molecule has 0 bridgehead atoms. The van der Waals surface area contributed by atoms with Gasteiger partial charge in [-0.3, -0.25) is 4.79 Å². The van der Waals surface area contributed by atoms with Crippen LogP contribution in [0.3, 0.4) is 0 Å². The van der Waals surface area contributed by atoms with Gasteiger partial charge in [-0.1, -0.05) is 13.8 Å². The van der Waals surface area contributed by atoms with E-state index in [2.05, 4.69) is 13.8 Å². The van der Waals surface area contributed by atoms with Crippen molar-refractivity contribution in [2.75, 3.05) is 6.54 Å². The lowest BCUT2D eigenvalue weighted by molar-refractivity contribution is -0.133. The molecule has 1 atom stereocenters. The van der Waals surface area contributed by atoms with Crippen molar-refractivity contribution in [2.45, 2.75) is 49.9 Å². The summed E-state index contributed by atoms with van der Waals surface area (Å²) in [7, 11) is 0. The molecule has 2 rings (SSSR count). The minimum atomic E-state index is -0.776. The Kier molecular flexibility index (Phi) is 3.42. The van der Waals surface area contributed by atoms with E-state index in [-0.39, 0.29) is 11.8 Å². The van der Waals surface area contributed by atoms with Gasteiger partial charge in [0.05, 0.1) is 5.92 Å². The van der Waals surface area contributed by atoms with Crippen molar-refractivity contribution >= 4 is 29.1 Å². The summed E-state index contributed by atoms with van der Waals surface area (Å²) in [5, 5.41) is 0. The molecule has 0 aliphatic heterocycles. The van der Waals surface area contributed by atoms with Crippen LogP contribution in [0.25, 0.3) is 0 Å². The predicted octanol–water partition coefficient (Wildman–Crippen LogP) is 3.22. The van der Waals surface area contributed by atoms with Crippen LogP contribution in [0.1, 0.15) is 39.5 Å². The van der Waals surface area contributed by atoms with Gasteiger partial charge in [0.2, 0.25) is 5.91 Å². The average Bonchev–Trinajstić information content (AvgIpc) is 3.03. The molecule has 2 saturated carbocycles. The molecule has 92 valence electrons. The molecule has 0 aromatic carbocycles. The van der Waals surface area contributed by atoms with Crippen molar-refractivity contribution in [1.29, 1.82) is 0 Å². The van der Waals surface area contributed by atoms with Gasteiger partial charge in [-0.2, -0.15) is 0 Å². The van der Waals surface area contributed by atoms with E-state index in [1.807, 2.05) is 4.90 Å². The lowest BCUT2D eigenvalue weighted by atomic mass is 10.1. The SMILES string of the molecule is CC(C)CCN(C(=O)C1CC1(Cl)Cl)C1CC1. The Hall–Kier alpha value is 0.0500. The Labute approximate surface area is 107 Å². The number of nitrogens with zero attached hydrogens (tertiary/aromatic N) is 1. The highest BCUT2D eigenvalue weighted by atomic mass is 35.5. The molecular weight excluding hydrogens is 245 g/mol. The fourth-order valence-corrected chi connectivity index (χ4v) is 2.43. The molecule has 0 spiro atoms. The van der Waals surface area contributed by atoms with Crippen molar-refractivity contribution in [3.8, 4) is 0 Å². The van der Waals surface area contributed by atoms with E-state index < -0.39 is 4.33 Å². The molecule has 2 aliphatic rings. The average molecular weight is 264 g/mol. The van der Waals surface area contributed by atoms with E-state index in [0.29, 0.717) is 18.4 Å². The van der Waals surface area contributed by atoms with Crippen molar-refractivity contribution in [2.24, 2.45) is 11.8 Å². The molecule has 4 heteroatoms. The molecular formula is C12H19Cl2NO. The molecule has 1 amide bonds. The summed E-state index contributed by atoms with van der Waals surface area (Å²) >= 11 is 11.9. The zero-order valence-corrected chi connectivity index (χ0v) is 11.4. The second-order valence-corrected chi connectivity index (χ2v) is 7.01. The van der Waals surface area contributed by atoms with E-state index >= 15 is 0 Å². The second-order valence-electron chi connectivity index (χ2n) is 5.46. The molecule has 2 nitrogen and oxygen atoms in total. The highest BCUT2D eigenvalue weighted by Gasteiger charge is 2.58. The minimum Gasteiger partial charge on any atom is -0.339 e. The number of rotatable bonds is 5. The van der Waals surface area contributed by atoms with E-state index in [4.69, 9.17) is 23.2 Å². The maximum atomic E-state index is 12.2. The number of amides is 1. The second kappa shape index (κ2) is 4.38. The molecule has 2 fully saturated rings. The van der Waals surface area contributed by atoms with Gasteiger partial charge in [0.15, 0.2) is 0 Å².